The van der Waals surface area contributed by atoms with Gasteiger partial charge in [0.2, 0.25) is 0 Å². The first kappa shape index (κ1) is 13.9. The quantitative estimate of drug-likeness (QED) is 0.897. The van der Waals surface area contributed by atoms with Crippen molar-refractivity contribution in [2.24, 2.45) is 0 Å². The Kier molecular flexibility index (Phi) is 4.44. The molecular weight excluding hydrogens is 332 g/mol. The minimum absolute atomic E-state index is 0.215. The summed E-state index contributed by atoms with van der Waals surface area (Å²) in [4.78, 5) is 11.2. The minimum Gasteiger partial charge on any atom is -0.496 e. The molecule has 2 aromatic rings. The van der Waals surface area contributed by atoms with Crippen LogP contribution in [0.3, 0.4) is 0 Å². The second kappa shape index (κ2) is 6.08. The van der Waals surface area contributed by atoms with E-state index < -0.39 is 5.97 Å². The van der Waals surface area contributed by atoms with Crippen molar-refractivity contribution in [1.29, 1.82) is 0 Å². The molecule has 0 bridgehead atoms. The Bertz CT molecular complexity index is 594. The first-order valence-electron chi connectivity index (χ1n) is 5.38. The molecule has 0 atom stereocenters. The molecule has 0 saturated carbocycles. The van der Waals surface area contributed by atoms with Gasteiger partial charge in [-0.05, 0) is 45.1 Å². The maximum atomic E-state index is 10.9. The van der Waals surface area contributed by atoms with Crippen LogP contribution in [-0.2, 0) is 6.61 Å². The monoisotopic (exact) mass is 342 g/mol. The van der Waals surface area contributed by atoms with Crippen LogP contribution in [0.5, 0.6) is 11.5 Å². The van der Waals surface area contributed by atoms with E-state index in [0.29, 0.717) is 12.4 Å². The van der Waals surface area contributed by atoms with Crippen LogP contribution in [0.4, 0.5) is 0 Å². The van der Waals surface area contributed by atoms with Crippen molar-refractivity contribution < 1.29 is 19.4 Å². The second-order valence-electron chi connectivity index (χ2n) is 3.68. The number of aromatic carboxylic acids is 1. The first-order valence-corrected chi connectivity index (χ1v) is 7.05. The molecule has 0 fully saturated rings. The Balaban J connectivity index is 2.08. The molecule has 0 spiro atoms. The molecule has 1 aromatic heterocycles. The standard InChI is InChI=1S/C13H11BrO4S/c1-17-10-3-2-8(6-9(10)14)7-18-11-4-5-19-12(11)13(15)16/h2-6H,7H2,1H3,(H,15,16). The van der Waals surface area contributed by atoms with E-state index in [1.54, 1.807) is 18.6 Å². The zero-order valence-electron chi connectivity index (χ0n) is 10.1. The highest BCUT2D eigenvalue weighted by Gasteiger charge is 2.13. The van der Waals surface area contributed by atoms with Crippen LogP contribution in [0.25, 0.3) is 0 Å². The number of hydrogen-bond donors (Lipinski definition) is 1. The SMILES string of the molecule is COc1ccc(COc2ccsc2C(=O)O)cc1Br. The van der Waals surface area contributed by atoms with E-state index in [1.165, 1.54) is 0 Å². The number of carboxylic acids is 1. The highest BCUT2D eigenvalue weighted by molar-refractivity contribution is 9.10. The molecule has 0 unspecified atom stereocenters. The Labute approximate surface area is 122 Å². The summed E-state index contributed by atoms with van der Waals surface area (Å²) in [5.41, 5.74) is 0.926. The molecule has 19 heavy (non-hydrogen) atoms. The van der Waals surface area contributed by atoms with Gasteiger partial charge in [0.1, 0.15) is 18.1 Å². The smallest absolute Gasteiger partial charge is 0.349 e. The van der Waals surface area contributed by atoms with Crippen molar-refractivity contribution in [3.05, 3.63) is 44.6 Å². The van der Waals surface area contributed by atoms with Crippen molar-refractivity contribution >= 4 is 33.2 Å². The Morgan fingerprint density at radius 2 is 2.16 bits per heavy atom. The van der Waals surface area contributed by atoms with Gasteiger partial charge in [-0.25, -0.2) is 4.79 Å². The van der Waals surface area contributed by atoms with Crippen LogP contribution in [0.2, 0.25) is 0 Å². The minimum atomic E-state index is -0.971. The van der Waals surface area contributed by atoms with Gasteiger partial charge in [-0.3, -0.25) is 0 Å². The van der Waals surface area contributed by atoms with Crippen LogP contribution >= 0.6 is 27.3 Å². The topological polar surface area (TPSA) is 55.8 Å². The Morgan fingerprint density at radius 3 is 2.79 bits per heavy atom. The third kappa shape index (κ3) is 3.27. The number of rotatable bonds is 5. The van der Waals surface area contributed by atoms with Gasteiger partial charge in [-0.15, -0.1) is 11.3 Å². The van der Waals surface area contributed by atoms with Gasteiger partial charge in [-0.2, -0.15) is 0 Å². The fourth-order valence-corrected chi connectivity index (χ4v) is 2.79. The van der Waals surface area contributed by atoms with Gasteiger partial charge in [-0.1, -0.05) is 6.07 Å². The fraction of sp³-hybridized carbons (Fsp3) is 0.154. The van der Waals surface area contributed by atoms with E-state index >= 15 is 0 Å². The van der Waals surface area contributed by atoms with Crippen molar-refractivity contribution in [2.75, 3.05) is 7.11 Å². The highest BCUT2D eigenvalue weighted by atomic mass is 79.9. The average Bonchev–Trinajstić information content (AvgIpc) is 2.85. The number of methoxy groups -OCH3 is 1. The fourth-order valence-electron chi connectivity index (χ4n) is 1.53. The van der Waals surface area contributed by atoms with E-state index in [1.807, 2.05) is 18.2 Å². The lowest BCUT2D eigenvalue weighted by molar-refractivity contribution is 0.0697. The number of hydrogen-bond acceptors (Lipinski definition) is 4. The molecule has 0 aliphatic rings. The molecule has 0 radical (unpaired) electrons. The number of halogens is 1. The second-order valence-corrected chi connectivity index (χ2v) is 5.45. The predicted molar refractivity (Wildman–Crippen MR) is 76.3 cm³/mol. The molecule has 1 aromatic carbocycles. The summed E-state index contributed by atoms with van der Waals surface area (Å²) in [6, 6.07) is 7.24. The van der Waals surface area contributed by atoms with Crippen molar-refractivity contribution in [3.63, 3.8) is 0 Å². The van der Waals surface area contributed by atoms with Gasteiger partial charge in [0.05, 0.1) is 11.6 Å². The maximum absolute atomic E-state index is 10.9. The molecule has 0 amide bonds. The van der Waals surface area contributed by atoms with E-state index in [-0.39, 0.29) is 4.88 Å². The molecule has 0 aliphatic heterocycles. The van der Waals surface area contributed by atoms with E-state index in [9.17, 15) is 4.79 Å². The van der Waals surface area contributed by atoms with Gasteiger partial charge >= 0.3 is 5.97 Å². The lowest BCUT2D eigenvalue weighted by atomic mass is 10.2. The molecule has 100 valence electrons. The van der Waals surface area contributed by atoms with Gasteiger partial charge in [0, 0.05) is 0 Å². The Morgan fingerprint density at radius 1 is 1.37 bits per heavy atom. The molecular formula is C13H11BrO4S. The highest BCUT2D eigenvalue weighted by Crippen LogP contribution is 2.28. The van der Waals surface area contributed by atoms with E-state index in [0.717, 1.165) is 27.1 Å². The lowest BCUT2D eigenvalue weighted by Gasteiger charge is -2.08. The first-order chi connectivity index (χ1) is 9.11. The molecule has 4 nitrogen and oxygen atoms in total. The molecule has 1 N–H and O–H groups in total. The largest absolute Gasteiger partial charge is 0.496 e. The zero-order chi connectivity index (χ0) is 13.8. The summed E-state index contributed by atoms with van der Waals surface area (Å²) in [6.07, 6.45) is 0. The van der Waals surface area contributed by atoms with Gasteiger partial charge < -0.3 is 14.6 Å². The molecule has 1 heterocycles. The lowest BCUT2D eigenvalue weighted by Crippen LogP contribution is -2.00. The summed E-state index contributed by atoms with van der Waals surface area (Å²) in [5, 5.41) is 10.7. The van der Waals surface area contributed by atoms with Crippen LogP contribution in [0, 0.1) is 0 Å². The van der Waals surface area contributed by atoms with Crippen molar-refractivity contribution in [3.8, 4) is 11.5 Å². The summed E-state index contributed by atoms with van der Waals surface area (Å²) in [7, 11) is 1.60. The molecule has 0 aliphatic carbocycles. The average molecular weight is 343 g/mol. The van der Waals surface area contributed by atoms with Crippen LogP contribution in [0.15, 0.2) is 34.1 Å². The van der Waals surface area contributed by atoms with Crippen molar-refractivity contribution in [1.82, 2.24) is 0 Å². The van der Waals surface area contributed by atoms with E-state index in [2.05, 4.69) is 15.9 Å². The summed E-state index contributed by atoms with van der Waals surface area (Å²) < 4.78 is 11.5. The normalized spacial score (nSPS) is 10.2. The van der Waals surface area contributed by atoms with Crippen LogP contribution in [0.1, 0.15) is 15.2 Å². The van der Waals surface area contributed by atoms with Gasteiger partial charge in [0.15, 0.2) is 4.88 Å². The predicted octanol–water partition coefficient (Wildman–Crippen LogP) is 3.80. The van der Waals surface area contributed by atoms with Crippen LogP contribution < -0.4 is 9.47 Å². The summed E-state index contributed by atoms with van der Waals surface area (Å²) in [6.45, 7) is 0.305. The summed E-state index contributed by atoms with van der Waals surface area (Å²) >= 11 is 4.54. The summed E-state index contributed by atoms with van der Waals surface area (Å²) in [5.74, 6) is 0.163. The van der Waals surface area contributed by atoms with Crippen molar-refractivity contribution in [2.45, 2.75) is 6.61 Å². The number of ether oxygens (including phenoxy) is 2. The maximum Gasteiger partial charge on any atom is 0.349 e. The number of carboxylic acid groups (broad SMARTS) is 1. The molecule has 6 heteroatoms. The van der Waals surface area contributed by atoms with E-state index in [4.69, 9.17) is 14.6 Å². The Hall–Kier alpha value is -1.53. The number of carbonyl (C=O) groups is 1. The number of thiophene rings is 1. The third-order valence-corrected chi connectivity index (χ3v) is 3.94. The van der Waals surface area contributed by atoms with Gasteiger partial charge in [0.25, 0.3) is 0 Å². The number of benzene rings is 1. The third-order valence-electron chi connectivity index (χ3n) is 2.43. The zero-order valence-corrected chi connectivity index (χ0v) is 12.5. The van der Waals surface area contributed by atoms with Crippen LogP contribution in [-0.4, -0.2) is 18.2 Å². The molecule has 0 saturated heterocycles. The molecule has 2 rings (SSSR count).